The van der Waals surface area contributed by atoms with Crippen LogP contribution in [0.1, 0.15) is 29.3 Å². The zero-order chi connectivity index (χ0) is 15.2. The number of ketones is 1. The third-order valence-electron chi connectivity index (χ3n) is 3.07. The second kappa shape index (κ2) is 6.97. The fourth-order valence-electron chi connectivity index (χ4n) is 1.96. The summed E-state index contributed by atoms with van der Waals surface area (Å²) in [5.74, 6) is -1.84. The number of benzene rings is 2. The summed E-state index contributed by atoms with van der Waals surface area (Å²) < 4.78 is 31.4. The summed E-state index contributed by atoms with van der Waals surface area (Å²) in [7, 11) is 0. The lowest BCUT2D eigenvalue weighted by atomic mass is 10.1. The maximum Gasteiger partial charge on any atom is 0.200 e. The van der Waals surface area contributed by atoms with E-state index in [1.807, 2.05) is 12.1 Å². The first kappa shape index (κ1) is 15.2. The van der Waals surface area contributed by atoms with Crippen molar-refractivity contribution < 1.29 is 18.3 Å². The van der Waals surface area contributed by atoms with Gasteiger partial charge in [0.2, 0.25) is 0 Å². The molecule has 21 heavy (non-hydrogen) atoms. The van der Waals surface area contributed by atoms with E-state index in [4.69, 9.17) is 4.74 Å². The molecule has 0 aliphatic rings. The van der Waals surface area contributed by atoms with E-state index in [0.29, 0.717) is 5.56 Å². The van der Waals surface area contributed by atoms with Crippen molar-refractivity contribution >= 4 is 5.78 Å². The number of carbonyl (C=O) groups is 1. The summed E-state index contributed by atoms with van der Waals surface area (Å²) in [4.78, 5) is 11.9. The molecule has 0 aliphatic heterocycles. The van der Waals surface area contributed by atoms with E-state index in [1.165, 1.54) is 0 Å². The molecule has 0 aromatic heterocycles. The van der Waals surface area contributed by atoms with Crippen LogP contribution in [0.2, 0.25) is 0 Å². The number of aryl methyl sites for hydroxylation is 1. The quantitative estimate of drug-likeness (QED) is 0.746. The number of halogens is 2. The summed E-state index contributed by atoms with van der Waals surface area (Å²) in [5.41, 5.74) is 1.65. The molecule has 110 valence electrons. The first-order valence-corrected chi connectivity index (χ1v) is 6.80. The maximum atomic E-state index is 13.4. The number of rotatable bonds is 6. The highest BCUT2D eigenvalue weighted by Gasteiger charge is 2.10. The van der Waals surface area contributed by atoms with Crippen molar-refractivity contribution in [1.82, 2.24) is 0 Å². The van der Waals surface area contributed by atoms with Crippen molar-refractivity contribution in [2.45, 2.75) is 19.8 Å². The van der Waals surface area contributed by atoms with E-state index in [9.17, 15) is 13.6 Å². The highest BCUT2D eigenvalue weighted by atomic mass is 19.1. The Labute approximate surface area is 122 Å². The van der Waals surface area contributed by atoms with Crippen LogP contribution in [0.25, 0.3) is 0 Å². The van der Waals surface area contributed by atoms with Crippen LogP contribution in [0.4, 0.5) is 8.78 Å². The molecule has 0 radical (unpaired) electrons. The number of carbonyl (C=O) groups excluding carboxylic acids is 1. The molecule has 4 heteroatoms. The molecule has 0 amide bonds. The third-order valence-corrected chi connectivity index (χ3v) is 3.07. The molecule has 0 heterocycles. The maximum absolute atomic E-state index is 13.4. The van der Waals surface area contributed by atoms with Crippen LogP contribution in [0.3, 0.4) is 0 Å². The Bertz CT molecular complexity index is 621. The van der Waals surface area contributed by atoms with Gasteiger partial charge in [0.25, 0.3) is 0 Å². The predicted molar refractivity (Wildman–Crippen MR) is 76.6 cm³/mol. The number of ether oxygens (including phenoxy) is 1. The van der Waals surface area contributed by atoms with Gasteiger partial charge in [-0.3, -0.25) is 4.79 Å². The summed E-state index contributed by atoms with van der Waals surface area (Å²) >= 11 is 0. The van der Waals surface area contributed by atoms with Gasteiger partial charge in [-0.25, -0.2) is 8.78 Å². The van der Waals surface area contributed by atoms with Crippen molar-refractivity contribution in [3.63, 3.8) is 0 Å². The molecule has 2 aromatic rings. The first-order chi connectivity index (χ1) is 10.1. The molecule has 0 unspecified atom stereocenters. The Hall–Kier alpha value is -2.23. The second-order valence-electron chi connectivity index (χ2n) is 4.73. The van der Waals surface area contributed by atoms with E-state index in [-0.39, 0.29) is 18.1 Å². The van der Waals surface area contributed by atoms with E-state index in [0.717, 1.165) is 36.6 Å². The van der Waals surface area contributed by atoms with Gasteiger partial charge in [-0.2, -0.15) is 0 Å². The lowest BCUT2D eigenvalue weighted by molar-refractivity contribution is 0.0918. The standard InChI is InChI=1S/C17H16F2O2/c1-2-3-12-4-6-13(7-5-12)16(20)11-21-17-10-14(18)8-9-15(17)19/h4-10H,2-3,11H2,1H3. The van der Waals surface area contributed by atoms with Crippen LogP contribution < -0.4 is 4.74 Å². The number of hydrogen-bond donors (Lipinski definition) is 0. The Kier molecular flexibility index (Phi) is 5.04. The minimum atomic E-state index is -0.692. The highest BCUT2D eigenvalue weighted by Crippen LogP contribution is 2.18. The molecule has 0 saturated carbocycles. The van der Waals surface area contributed by atoms with Crippen LogP contribution in [-0.4, -0.2) is 12.4 Å². The summed E-state index contributed by atoms with van der Waals surface area (Å²) in [6, 6.07) is 10.1. The van der Waals surface area contributed by atoms with E-state index in [2.05, 4.69) is 6.92 Å². The van der Waals surface area contributed by atoms with Crippen LogP contribution >= 0.6 is 0 Å². The van der Waals surface area contributed by atoms with E-state index < -0.39 is 11.6 Å². The Morgan fingerprint density at radius 2 is 1.81 bits per heavy atom. The molecule has 0 bridgehead atoms. The number of hydrogen-bond acceptors (Lipinski definition) is 2. The lowest BCUT2D eigenvalue weighted by Crippen LogP contribution is -2.12. The van der Waals surface area contributed by atoms with E-state index >= 15 is 0 Å². The smallest absolute Gasteiger partial charge is 0.200 e. The minimum absolute atomic E-state index is 0.258. The molecule has 2 rings (SSSR count). The average Bonchev–Trinajstić information content (AvgIpc) is 2.49. The highest BCUT2D eigenvalue weighted by molar-refractivity contribution is 5.97. The third kappa shape index (κ3) is 4.12. The fourth-order valence-corrected chi connectivity index (χ4v) is 1.96. The topological polar surface area (TPSA) is 26.3 Å². The first-order valence-electron chi connectivity index (χ1n) is 6.80. The Morgan fingerprint density at radius 1 is 1.10 bits per heavy atom. The monoisotopic (exact) mass is 290 g/mol. The summed E-state index contributed by atoms with van der Waals surface area (Å²) in [5, 5.41) is 0. The van der Waals surface area contributed by atoms with Gasteiger partial charge >= 0.3 is 0 Å². The van der Waals surface area contributed by atoms with Gasteiger partial charge in [-0.1, -0.05) is 37.6 Å². The molecule has 0 spiro atoms. The Balaban J connectivity index is 1.99. The lowest BCUT2D eigenvalue weighted by Gasteiger charge is -2.07. The SMILES string of the molecule is CCCc1ccc(C(=O)COc2cc(F)ccc2F)cc1. The molecule has 0 aliphatic carbocycles. The van der Waals surface area contributed by atoms with Crippen molar-refractivity contribution in [2.75, 3.05) is 6.61 Å². The molecule has 2 aromatic carbocycles. The summed E-state index contributed by atoms with van der Waals surface area (Å²) in [6.45, 7) is 1.76. The van der Waals surface area contributed by atoms with Gasteiger partial charge in [0, 0.05) is 11.6 Å². The van der Waals surface area contributed by atoms with Gasteiger partial charge in [0.05, 0.1) is 0 Å². The van der Waals surface area contributed by atoms with Gasteiger partial charge in [0.1, 0.15) is 5.82 Å². The van der Waals surface area contributed by atoms with Gasteiger partial charge in [-0.05, 0) is 24.1 Å². The zero-order valence-corrected chi connectivity index (χ0v) is 11.7. The molecule has 0 fully saturated rings. The Morgan fingerprint density at radius 3 is 2.48 bits per heavy atom. The zero-order valence-electron chi connectivity index (χ0n) is 11.7. The molecular formula is C17H16F2O2. The van der Waals surface area contributed by atoms with Gasteiger partial charge in [0.15, 0.2) is 24.0 Å². The number of Topliss-reactive ketones (excluding diaryl/α,β-unsaturated/α-hetero) is 1. The van der Waals surface area contributed by atoms with Crippen LogP contribution in [0, 0.1) is 11.6 Å². The average molecular weight is 290 g/mol. The van der Waals surface area contributed by atoms with Crippen molar-refractivity contribution in [3.05, 3.63) is 65.2 Å². The molecule has 0 N–H and O–H groups in total. The normalized spacial score (nSPS) is 10.4. The second-order valence-corrected chi connectivity index (χ2v) is 4.73. The molecule has 2 nitrogen and oxygen atoms in total. The van der Waals surface area contributed by atoms with Crippen molar-refractivity contribution in [2.24, 2.45) is 0 Å². The molecular weight excluding hydrogens is 274 g/mol. The van der Waals surface area contributed by atoms with Crippen LogP contribution in [0.5, 0.6) is 5.75 Å². The fraction of sp³-hybridized carbons (Fsp3) is 0.235. The largest absolute Gasteiger partial charge is 0.482 e. The van der Waals surface area contributed by atoms with Crippen LogP contribution in [-0.2, 0) is 6.42 Å². The van der Waals surface area contributed by atoms with Gasteiger partial charge < -0.3 is 4.74 Å². The predicted octanol–water partition coefficient (Wildman–Crippen LogP) is 4.18. The molecule has 0 saturated heterocycles. The van der Waals surface area contributed by atoms with Crippen LogP contribution in [0.15, 0.2) is 42.5 Å². The van der Waals surface area contributed by atoms with E-state index in [1.54, 1.807) is 12.1 Å². The molecule has 0 atom stereocenters. The van der Waals surface area contributed by atoms with Gasteiger partial charge in [-0.15, -0.1) is 0 Å². The summed E-state index contributed by atoms with van der Waals surface area (Å²) in [6.07, 6.45) is 1.99. The van der Waals surface area contributed by atoms with Crippen molar-refractivity contribution in [3.8, 4) is 5.75 Å². The minimum Gasteiger partial charge on any atom is -0.482 e. The van der Waals surface area contributed by atoms with Crippen molar-refractivity contribution in [1.29, 1.82) is 0 Å².